The van der Waals surface area contributed by atoms with Gasteiger partial charge in [-0.1, -0.05) is 28.2 Å². The number of hydrogen-bond donors (Lipinski definition) is 2. The van der Waals surface area contributed by atoms with E-state index in [1.807, 2.05) is 47.6 Å². The third kappa shape index (κ3) is 26.6. The minimum Gasteiger partial charge on any atom is -0.870 e. The van der Waals surface area contributed by atoms with Gasteiger partial charge in [-0.05, 0) is 215 Å². The van der Waals surface area contributed by atoms with Crippen LogP contribution in [0.2, 0.25) is 0 Å². The Kier molecular flexibility index (Phi) is 36.2. The summed E-state index contributed by atoms with van der Waals surface area (Å²) < 4.78 is 97.6. The zero-order chi connectivity index (χ0) is 65.9. The molecule has 1 unspecified atom stereocenters. The van der Waals surface area contributed by atoms with Gasteiger partial charge in [0.1, 0.15) is 51.8 Å². The van der Waals surface area contributed by atoms with Gasteiger partial charge in [0.05, 0.1) is 82.2 Å². The number of esters is 1. The van der Waals surface area contributed by atoms with Crippen LogP contribution < -0.4 is 29.6 Å². The Morgan fingerprint density at radius 2 is 0.853 bits per heavy atom. The number of carboxylic acid groups (broad SMARTS) is 2. The number of rotatable bonds is 29. The van der Waals surface area contributed by atoms with Crippen molar-refractivity contribution in [2.45, 2.75) is 215 Å². The molecule has 19 nitrogen and oxygen atoms in total. The summed E-state index contributed by atoms with van der Waals surface area (Å²) in [5.41, 5.74) is 5.41. The first-order valence-corrected chi connectivity index (χ1v) is 32.3. The van der Waals surface area contributed by atoms with Crippen molar-refractivity contribution in [1.29, 1.82) is 0 Å². The number of carbonyl (C=O) groups is 3. The maximum atomic E-state index is 13.1. The summed E-state index contributed by atoms with van der Waals surface area (Å²) in [7, 11) is 0. The van der Waals surface area contributed by atoms with E-state index >= 15 is 0 Å². The van der Waals surface area contributed by atoms with Crippen molar-refractivity contribution in [1.82, 2.24) is 15.0 Å². The third-order valence-electron chi connectivity index (χ3n) is 16.6. The van der Waals surface area contributed by atoms with Crippen LogP contribution in [0.25, 0.3) is 34.4 Å². The van der Waals surface area contributed by atoms with Crippen molar-refractivity contribution >= 4 is 17.9 Å². The Balaban J connectivity index is 0.000000299. The number of carbonyl (C=O) groups excluding carboxylic acids is 1. The maximum absolute atomic E-state index is 13.1. The van der Waals surface area contributed by atoms with E-state index in [0.717, 1.165) is 111 Å². The molecule has 9 rings (SSSR count). The molecule has 23 heteroatoms. The molecular weight excluding hydrogens is 1240 g/mol. The fourth-order valence-corrected chi connectivity index (χ4v) is 11.1. The molecule has 6 aromatic rings. The van der Waals surface area contributed by atoms with Crippen LogP contribution in [-0.4, -0.2) is 112 Å². The second kappa shape index (κ2) is 42.4. The standard InChI is InChI=1S/C25H32FNO5.C23H30FNO5.C23H28FNO5.CH4.Na.H2O/c1-4-18(25(28)29-5-2)13-14-30-21-7-6-8-22(15-21)31-16-23-17(3)32-24(27-23)19-9-11-20(26)12-10-19;2*1-3-16(23(26)27)11-12-28-19-5-4-6-20(13-19)29-14-21-15(2)30-22(25-21)17-7-9-18(24)10-8-17;;;/h9-13,21-22H,4-8,14-16H2,1-3H3;7-10,16,19-20H,3-6,11-14H2,1-2H3,(H,26,27);7-11,19-20H,3-6,12-14H2,1-2H3,(H,26,27);1H4;;1H2/q;;;;+1;/p-1/b18-13+;;16-11+;;;/t21-,22+;16?,19-,20+;19-,20+;;;/m111.../s1. The predicted molar refractivity (Wildman–Crippen MR) is 346 cm³/mol. The monoisotopic (exact) mass is 1340 g/mol. The van der Waals surface area contributed by atoms with Crippen LogP contribution in [0.5, 0.6) is 0 Å². The van der Waals surface area contributed by atoms with Gasteiger partial charge in [0.15, 0.2) is 0 Å². The molecule has 0 spiro atoms. The van der Waals surface area contributed by atoms with Gasteiger partial charge in [-0.2, -0.15) is 0 Å². The molecular formula is C72H95F3N3NaO16. The van der Waals surface area contributed by atoms with Gasteiger partial charge in [0, 0.05) is 34.4 Å². The zero-order valence-corrected chi connectivity index (χ0v) is 57.5. The molecule has 3 saturated carbocycles. The number of benzene rings is 3. The Labute approximate surface area is 578 Å². The first-order valence-electron chi connectivity index (χ1n) is 32.3. The van der Waals surface area contributed by atoms with E-state index in [1.54, 1.807) is 49.4 Å². The number of nitrogens with zero attached hydrogens (tertiary/aromatic N) is 3. The van der Waals surface area contributed by atoms with E-state index in [0.29, 0.717) is 118 Å². The number of aromatic nitrogens is 3. The van der Waals surface area contributed by atoms with Crippen LogP contribution in [0.3, 0.4) is 0 Å². The summed E-state index contributed by atoms with van der Waals surface area (Å²) in [6.45, 7) is 15.5. The molecule has 0 saturated heterocycles. The third-order valence-corrected chi connectivity index (χ3v) is 16.6. The Bertz CT molecular complexity index is 3300. The first kappa shape index (κ1) is 81.1. The minimum absolute atomic E-state index is 0. The van der Waals surface area contributed by atoms with E-state index in [1.165, 1.54) is 36.4 Å². The second-order valence-electron chi connectivity index (χ2n) is 23.2. The molecule has 3 N–H and O–H groups in total. The molecule has 3 heterocycles. The topological polar surface area (TPSA) is 264 Å². The summed E-state index contributed by atoms with van der Waals surface area (Å²) >= 11 is 0. The maximum Gasteiger partial charge on any atom is 1.00 e. The number of ether oxygens (including phenoxy) is 7. The molecule has 0 aliphatic heterocycles. The normalized spacial score (nSPS) is 19.1. The second-order valence-corrected chi connectivity index (χ2v) is 23.2. The molecule has 516 valence electrons. The summed E-state index contributed by atoms with van der Waals surface area (Å²) in [5.74, 6) is 0.290. The quantitative estimate of drug-likeness (QED) is 0.0251. The molecule has 7 atom stereocenters. The average Bonchev–Trinajstić information content (AvgIpc) is 1.77. The first-order chi connectivity index (χ1) is 44.4. The Morgan fingerprint density at radius 1 is 0.526 bits per heavy atom. The van der Waals surface area contributed by atoms with E-state index in [2.05, 4.69) is 15.0 Å². The predicted octanol–water partition coefficient (Wildman–Crippen LogP) is 13.2. The zero-order valence-electron chi connectivity index (χ0n) is 55.5. The van der Waals surface area contributed by atoms with Crippen LogP contribution in [0, 0.1) is 44.1 Å². The van der Waals surface area contributed by atoms with Crippen molar-refractivity contribution in [2.75, 3.05) is 26.4 Å². The Hall–Kier alpha value is -6.31. The number of halogens is 3. The van der Waals surface area contributed by atoms with Gasteiger partial charge < -0.3 is 62.1 Å². The number of carboxylic acids is 2. The van der Waals surface area contributed by atoms with E-state index < -0.39 is 11.9 Å². The van der Waals surface area contributed by atoms with Crippen LogP contribution >= 0.6 is 0 Å². The van der Waals surface area contributed by atoms with Crippen LogP contribution in [0.15, 0.2) is 109 Å². The molecule has 95 heavy (non-hydrogen) atoms. The van der Waals surface area contributed by atoms with E-state index in [-0.39, 0.29) is 108 Å². The molecule has 0 bridgehead atoms. The summed E-state index contributed by atoms with van der Waals surface area (Å²) in [6, 6.07) is 18.1. The largest absolute Gasteiger partial charge is 1.00 e. The van der Waals surface area contributed by atoms with Crippen molar-refractivity contribution in [2.24, 2.45) is 5.92 Å². The van der Waals surface area contributed by atoms with Crippen LogP contribution in [-0.2, 0) is 67.4 Å². The summed E-state index contributed by atoms with van der Waals surface area (Å²) in [6.07, 6.45) is 17.4. The molecule has 3 aliphatic carbocycles. The van der Waals surface area contributed by atoms with Crippen LogP contribution in [0.4, 0.5) is 13.2 Å². The fourth-order valence-electron chi connectivity index (χ4n) is 11.1. The number of aliphatic carboxylic acids is 2. The summed E-state index contributed by atoms with van der Waals surface area (Å²) in [4.78, 5) is 47.6. The van der Waals surface area contributed by atoms with Gasteiger partial charge >= 0.3 is 47.5 Å². The van der Waals surface area contributed by atoms with Crippen molar-refractivity contribution in [3.05, 3.63) is 148 Å². The van der Waals surface area contributed by atoms with Gasteiger partial charge in [-0.15, -0.1) is 0 Å². The van der Waals surface area contributed by atoms with Crippen molar-refractivity contribution in [3.63, 3.8) is 0 Å². The fraction of sp³-hybridized carbons (Fsp3) is 0.528. The molecule has 3 aromatic heterocycles. The van der Waals surface area contributed by atoms with Gasteiger partial charge in [-0.25, -0.2) is 37.7 Å². The van der Waals surface area contributed by atoms with E-state index in [4.69, 9.17) is 56.6 Å². The average molecular weight is 1340 g/mol. The van der Waals surface area contributed by atoms with E-state index in [9.17, 15) is 27.6 Å². The summed E-state index contributed by atoms with van der Waals surface area (Å²) in [5, 5.41) is 18.2. The van der Waals surface area contributed by atoms with Gasteiger partial charge in [-0.3, -0.25) is 4.79 Å². The smallest absolute Gasteiger partial charge is 0.870 e. The number of oxazole rings is 3. The minimum atomic E-state index is -0.894. The number of hydrogen-bond acceptors (Lipinski definition) is 17. The van der Waals surface area contributed by atoms with Gasteiger partial charge in [0.2, 0.25) is 17.7 Å². The molecule has 3 aliphatic rings. The van der Waals surface area contributed by atoms with Crippen molar-refractivity contribution in [3.8, 4) is 34.4 Å². The van der Waals surface area contributed by atoms with Crippen LogP contribution in [0.1, 0.15) is 172 Å². The van der Waals surface area contributed by atoms with Crippen molar-refractivity contribution < 1.29 is 119 Å². The molecule has 3 fully saturated rings. The molecule has 0 radical (unpaired) electrons. The Morgan fingerprint density at radius 3 is 1.16 bits per heavy atom. The number of aryl methyl sites for hydroxylation is 3. The molecule has 0 amide bonds. The SMILES string of the molecule is C.CC/C(=C\CO[C@@H]1CCC[C@H](OCc2nc(-c3ccc(F)cc3)oc2C)C1)C(=O)O.CCC(CCO[C@@H]1CCC[C@H](OCc2nc(-c3ccc(F)cc3)oc2C)C1)C(=O)O.CCOC(=O)/C(=C/CO[C@@H]1CCC[C@H](OCc2nc(-c3ccc(F)cc3)oc2C)C1)CC.[Na+].[OH-]. The molecule has 3 aromatic carbocycles. The van der Waals surface area contributed by atoms with Gasteiger partial charge in [0.25, 0.3) is 0 Å².